The molecule has 0 spiro atoms. The smallest absolute Gasteiger partial charge is 0.306 e. The van der Waals surface area contributed by atoms with Crippen LogP contribution in [0, 0.1) is 12.8 Å². The van der Waals surface area contributed by atoms with E-state index in [9.17, 15) is 9.59 Å². The number of aryl methyl sites for hydroxylation is 1. The molecule has 124 valence electrons. The molecule has 1 N–H and O–H groups in total. The molecule has 0 saturated carbocycles. The molecular weight excluding hydrogens is 306 g/mol. The van der Waals surface area contributed by atoms with Crippen molar-refractivity contribution in [1.82, 2.24) is 14.9 Å². The molecule has 1 aromatic carbocycles. The maximum atomic E-state index is 12.6. The highest BCUT2D eigenvalue weighted by Crippen LogP contribution is 2.21. The van der Waals surface area contributed by atoms with E-state index in [2.05, 4.69) is 9.97 Å². The number of amides is 1. The molecule has 1 aromatic heterocycles. The first-order valence-corrected chi connectivity index (χ1v) is 7.97. The van der Waals surface area contributed by atoms with Crippen LogP contribution in [0.4, 0.5) is 0 Å². The highest BCUT2D eigenvalue weighted by atomic mass is 16.4. The van der Waals surface area contributed by atoms with Crippen LogP contribution < -0.4 is 0 Å². The fourth-order valence-corrected chi connectivity index (χ4v) is 2.90. The van der Waals surface area contributed by atoms with Crippen LogP contribution in [-0.2, 0) is 4.79 Å². The zero-order chi connectivity index (χ0) is 17.1. The Morgan fingerprint density at radius 2 is 1.83 bits per heavy atom. The van der Waals surface area contributed by atoms with Crippen molar-refractivity contribution < 1.29 is 14.7 Å². The van der Waals surface area contributed by atoms with Gasteiger partial charge in [0.25, 0.3) is 5.91 Å². The number of carbonyl (C=O) groups is 2. The van der Waals surface area contributed by atoms with Gasteiger partial charge in [0, 0.05) is 24.8 Å². The van der Waals surface area contributed by atoms with Gasteiger partial charge in [-0.3, -0.25) is 9.59 Å². The van der Waals surface area contributed by atoms with Gasteiger partial charge in [0.2, 0.25) is 0 Å². The molecule has 1 aliphatic heterocycles. The SMILES string of the molecule is Cc1nc(-c2ccccc2)ncc1C(=O)N1CCC(C(=O)O)CC1. The first-order valence-electron chi connectivity index (χ1n) is 7.97. The Morgan fingerprint density at radius 1 is 1.17 bits per heavy atom. The van der Waals surface area contributed by atoms with Gasteiger partial charge in [0.1, 0.15) is 0 Å². The number of hydrogen-bond donors (Lipinski definition) is 1. The van der Waals surface area contributed by atoms with E-state index in [0.717, 1.165) is 5.56 Å². The molecule has 2 aromatic rings. The Morgan fingerprint density at radius 3 is 2.42 bits per heavy atom. The van der Waals surface area contributed by atoms with Crippen LogP contribution in [0.3, 0.4) is 0 Å². The fourth-order valence-electron chi connectivity index (χ4n) is 2.90. The fraction of sp³-hybridized carbons (Fsp3) is 0.333. The minimum atomic E-state index is -0.783. The lowest BCUT2D eigenvalue weighted by Gasteiger charge is -2.30. The zero-order valence-corrected chi connectivity index (χ0v) is 13.5. The summed E-state index contributed by atoms with van der Waals surface area (Å²) in [6.07, 6.45) is 2.54. The average molecular weight is 325 g/mol. The Bertz CT molecular complexity index is 753. The quantitative estimate of drug-likeness (QED) is 0.937. The Kier molecular flexibility index (Phi) is 4.55. The number of piperidine rings is 1. The number of aromatic nitrogens is 2. The van der Waals surface area contributed by atoms with Crippen molar-refractivity contribution >= 4 is 11.9 Å². The summed E-state index contributed by atoms with van der Waals surface area (Å²) in [6, 6.07) is 9.61. The highest BCUT2D eigenvalue weighted by Gasteiger charge is 2.28. The molecule has 0 atom stereocenters. The lowest BCUT2D eigenvalue weighted by molar-refractivity contribution is -0.143. The third kappa shape index (κ3) is 3.27. The maximum Gasteiger partial charge on any atom is 0.306 e. The van der Waals surface area contributed by atoms with Crippen molar-refractivity contribution in [3.05, 3.63) is 47.8 Å². The molecule has 1 amide bonds. The number of nitrogens with zero attached hydrogens (tertiary/aromatic N) is 3. The van der Waals surface area contributed by atoms with Crippen molar-refractivity contribution in [1.29, 1.82) is 0 Å². The van der Waals surface area contributed by atoms with Crippen LogP contribution in [0.25, 0.3) is 11.4 Å². The Balaban J connectivity index is 1.75. The Hall–Kier alpha value is -2.76. The topological polar surface area (TPSA) is 83.4 Å². The molecule has 1 fully saturated rings. The standard InChI is InChI=1S/C18H19N3O3/c1-12-15(11-19-16(20-12)13-5-3-2-4-6-13)17(22)21-9-7-14(8-10-21)18(23)24/h2-6,11,14H,7-10H2,1H3,(H,23,24). The molecule has 2 heterocycles. The molecule has 6 heteroatoms. The van der Waals surface area contributed by atoms with Gasteiger partial charge in [-0.1, -0.05) is 30.3 Å². The molecule has 0 bridgehead atoms. The van der Waals surface area contributed by atoms with E-state index >= 15 is 0 Å². The number of aliphatic carboxylic acids is 1. The van der Waals surface area contributed by atoms with E-state index in [1.54, 1.807) is 18.0 Å². The molecule has 3 rings (SSSR count). The van der Waals surface area contributed by atoms with Gasteiger partial charge in [0.05, 0.1) is 17.2 Å². The van der Waals surface area contributed by atoms with Gasteiger partial charge < -0.3 is 10.0 Å². The molecule has 0 radical (unpaired) electrons. The largest absolute Gasteiger partial charge is 0.481 e. The highest BCUT2D eigenvalue weighted by molar-refractivity contribution is 5.95. The van der Waals surface area contributed by atoms with Crippen LogP contribution in [-0.4, -0.2) is 44.9 Å². The van der Waals surface area contributed by atoms with Crippen LogP contribution in [0.1, 0.15) is 28.9 Å². The van der Waals surface area contributed by atoms with Gasteiger partial charge in [-0.05, 0) is 19.8 Å². The second-order valence-electron chi connectivity index (χ2n) is 5.96. The summed E-state index contributed by atoms with van der Waals surface area (Å²) in [7, 11) is 0. The summed E-state index contributed by atoms with van der Waals surface area (Å²) in [5.74, 6) is -0.675. The molecular formula is C18H19N3O3. The van der Waals surface area contributed by atoms with Gasteiger partial charge in [-0.25, -0.2) is 9.97 Å². The van der Waals surface area contributed by atoms with Crippen molar-refractivity contribution in [3.8, 4) is 11.4 Å². The first kappa shape index (κ1) is 16.1. The summed E-state index contributed by atoms with van der Waals surface area (Å²) in [5.41, 5.74) is 2.01. The summed E-state index contributed by atoms with van der Waals surface area (Å²) in [5, 5.41) is 9.04. The van der Waals surface area contributed by atoms with Crippen molar-refractivity contribution in [2.45, 2.75) is 19.8 Å². The van der Waals surface area contributed by atoms with E-state index in [0.29, 0.717) is 43.0 Å². The zero-order valence-electron chi connectivity index (χ0n) is 13.5. The van der Waals surface area contributed by atoms with Crippen LogP contribution in [0.5, 0.6) is 0 Å². The minimum absolute atomic E-state index is 0.129. The van der Waals surface area contributed by atoms with Gasteiger partial charge in [0.15, 0.2) is 5.82 Å². The van der Waals surface area contributed by atoms with Crippen molar-refractivity contribution in [2.24, 2.45) is 5.92 Å². The second kappa shape index (κ2) is 6.78. The van der Waals surface area contributed by atoms with E-state index in [1.165, 1.54) is 0 Å². The minimum Gasteiger partial charge on any atom is -0.481 e. The van der Waals surface area contributed by atoms with Crippen molar-refractivity contribution in [2.75, 3.05) is 13.1 Å². The third-order valence-corrected chi connectivity index (χ3v) is 4.37. The van der Waals surface area contributed by atoms with Crippen LogP contribution in [0.15, 0.2) is 36.5 Å². The van der Waals surface area contributed by atoms with Gasteiger partial charge in [-0.2, -0.15) is 0 Å². The number of carboxylic acid groups (broad SMARTS) is 1. The normalized spacial score (nSPS) is 15.3. The number of likely N-dealkylation sites (tertiary alicyclic amines) is 1. The molecule has 0 unspecified atom stereocenters. The van der Waals surface area contributed by atoms with Crippen LogP contribution in [0.2, 0.25) is 0 Å². The summed E-state index contributed by atoms with van der Waals surface area (Å²) in [4.78, 5) is 34.1. The summed E-state index contributed by atoms with van der Waals surface area (Å²) >= 11 is 0. The monoisotopic (exact) mass is 325 g/mol. The van der Waals surface area contributed by atoms with E-state index in [1.807, 2.05) is 30.3 Å². The molecule has 1 aliphatic rings. The van der Waals surface area contributed by atoms with E-state index in [-0.39, 0.29) is 11.8 Å². The summed E-state index contributed by atoms with van der Waals surface area (Å²) in [6.45, 7) is 2.71. The van der Waals surface area contributed by atoms with Gasteiger partial charge >= 0.3 is 5.97 Å². The molecule has 24 heavy (non-hydrogen) atoms. The number of carboxylic acids is 1. The van der Waals surface area contributed by atoms with E-state index in [4.69, 9.17) is 5.11 Å². The predicted molar refractivity (Wildman–Crippen MR) is 88.5 cm³/mol. The lowest BCUT2D eigenvalue weighted by Crippen LogP contribution is -2.40. The predicted octanol–water partition coefficient (Wildman–Crippen LogP) is 2.39. The summed E-state index contributed by atoms with van der Waals surface area (Å²) < 4.78 is 0. The molecule has 0 aliphatic carbocycles. The Labute approximate surface area is 140 Å². The number of carbonyl (C=O) groups excluding carboxylic acids is 1. The molecule has 6 nitrogen and oxygen atoms in total. The van der Waals surface area contributed by atoms with Crippen molar-refractivity contribution in [3.63, 3.8) is 0 Å². The average Bonchev–Trinajstić information content (AvgIpc) is 2.62. The number of hydrogen-bond acceptors (Lipinski definition) is 4. The van der Waals surface area contributed by atoms with Gasteiger partial charge in [-0.15, -0.1) is 0 Å². The number of rotatable bonds is 3. The lowest BCUT2D eigenvalue weighted by atomic mass is 9.96. The van der Waals surface area contributed by atoms with E-state index < -0.39 is 5.97 Å². The number of benzene rings is 1. The maximum absolute atomic E-state index is 12.6. The molecule has 1 saturated heterocycles. The third-order valence-electron chi connectivity index (χ3n) is 4.37. The van der Waals surface area contributed by atoms with Crippen LogP contribution >= 0.6 is 0 Å². The second-order valence-corrected chi connectivity index (χ2v) is 5.96. The first-order chi connectivity index (χ1) is 11.6.